The summed E-state index contributed by atoms with van der Waals surface area (Å²) in [7, 11) is 4.09. The number of piperidine rings is 1. The minimum atomic E-state index is 0.0706. The molecular weight excluding hydrogens is 278 g/mol. The quantitative estimate of drug-likeness (QED) is 0.847. The standard InChI is InChI=1S/C17H33N3O2/c1-13-12-19(3)10-9-16(13)20(4)17(21)18-14(2)7-8-15-6-5-11-22-15/h13-16H,5-12H2,1-4H3,(H,18,21)/t13-,14-,15+,16+/m1/s1. The molecule has 128 valence electrons. The fourth-order valence-electron chi connectivity index (χ4n) is 3.76. The predicted octanol–water partition coefficient (Wildman–Crippen LogP) is 2.32. The lowest BCUT2D eigenvalue weighted by Crippen LogP contribution is -2.53. The fourth-order valence-corrected chi connectivity index (χ4v) is 3.76. The summed E-state index contributed by atoms with van der Waals surface area (Å²) in [6.07, 6.45) is 5.87. The van der Waals surface area contributed by atoms with Gasteiger partial charge in [-0.25, -0.2) is 4.79 Å². The van der Waals surface area contributed by atoms with E-state index in [-0.39, 0.29) is 12.1 Å². The number of carbonyl (C=O) groups excluding carboxylic acids is 1. The minimum absolute atomic E-state index is 0.0706. The summed E-state index contributed by atoms with van der Waals surface area (Å²) in [5.41, 5.74) is 0. The molecule has 0 aromatic heterocycles. The molecule has 1 N–H and O–H groups in total. The van der Waals surface area contributed by atoms with Crippen LogP contribution in [0, 0.1) is 5.92 Å². The van der Waals surface area contributed by atoms with Crippen molar-refractivity contribution in [3.63, 3.8) is 0 Å². The van der Waals surface area contributed by atoms with Crippen LogP contribution in [0.15, 0.2) is 0 Å². The first-order valence-electron chi connectivity index (χ1n) is 8.81. The third-order valence-electron chi connectivity index (χ3n) is 5.20. The van der Waals surface area contributed by atoms with Crippen LogP contribution in [-0.2, 0) is 4.74 Å². The molecule has 0 aromatic carbocycles. The van der Waals surface area contributed by atoms with E-state index in [4.69, 9.17) is 4.74 Å². The Hall–Kier alpha value is -0.810. The third-order valence-corrected chi connectivity index (χ3v) is 5.20. The lowest BCUT2D eigenvalue weighted by molar-refractivity contribution is 0.0967. The van der Waals surface area contributed by atoms with Gasteiger partial charge in [-0.05, 0) is 58.5 Å². The summed E-state index contributed by atoms with van der Waals surface area (Å²) < 4.78 is 5.65. The number of hydrogen-bond acceptors (Lipinski definition) is 3. The van der Waals surface area contributed by atoms with Gasteiger partial charge in [-0.3, -0.25) is 0 Å². The van der Waals surface area contributed by atoms with E-state index in [9.17, 15) is 4.79 Å². The maximum absolute atomic E-state index is 12.4. The van der Waals surface area contributed by atoms with Crippen molar-refractivity contribution in [2.75, 3.05) is 33.8 Å². The zero-order valence-corrected chi connectivity index (χ0v) is 14.7. The van der Waals surface area contributed by atoms with E-state index in [0.29, 0.717) is 18.1 Å². The topological polar surface area (TPSA) is 44.8 Å². The molecule has 2 aliphatic heterocycles. The lowest BCUT2D eigenvalue weighted by Gasteiger charge is -2.40. The number of nitrogens with zero attached hydrogens (tertiary/aromatic N) is 2. The molecule has 0 bridgehead atoms. The van der Waals surface area contributed by atoms with Crippen LogP contribution in [0.25, 0.3) is 0 Å². The van der Waals surface area contributed by atoms with Crippen molar-refractivity contribution in [1.29, 1.82) is 0 Å². The molecule has 0 spiro atoms. The molecule has 5 nitrogen and oxygen atoms in total. The number of likely N-dealkylation sites (tertiary alicyclic amines) is 1. The summed E-state index contributed by atoms with van der Waals surface area (Å²) in [6, 6.07) is 0.628. The van der Waals surface area contributed by atoms with Crippen molar-refractivity contribution in [3.8, 4) is 0 Å². The first-order chi connectivity index (χ1) is 10.5. The second kappa shape index (κ2) is 8.16. The highest BCUT2D eigenvalue weighted by molar-refractivity contribution is 5.74. The van der Waals surface area contributed by atoms with Crippen molar-refractivity contribution < 1.29 is 9.53 Å². The van der Waals surface area contributed by atoms with Crippen molar-refractivity contribution >= 4 is 6.03 Å². The Morgan fingerprint density at radius 1 is 1.45 bits per heavy atom. The molecule has 0 unspecified atom stereocenters. The van der Waals surface area contributed by atoms with Crippen molar-refractivity contribution in [1.82, 2.24) is 15.1 Å². The Kier molecular flexibility index (Phi) is 6.50. The predicted molar refractivity (Wildman–Crippen MR) is 89.0 cm³/mol. The van der Waals surface area contributed by atoms with Gasteiger partial charge in [-0.2, -0.15) is 0 Å². The molecule has 2 saturated heterocycles. The molecule has 0 aromatic rings. The van der Waals surface area contributed by atoms with E-state index < -0.39 is 0 Å². The normalized spacial score (nSPS) is 31.0. The van der Waals surface area contributed by atoms with Gasteiger partial charge in [0, 0.05) is 32.3 Å². The van der Waals surface area contributed by atoms with E-state index in [2.05, 4.69) is 31.1 Å². The van der Waals surface area contributed by atoms with E-state index in [1.165, 1.54) is 12.8 Å². The Bertz CT molecular complexity index is 358. The first-order valence-corrected chi connectivity index (χ1v) is 8.81. The van der Waals surface area contributed by atoms with Gasteiger partial charge in [-0.1, -0.05) is 6.92 Å². The van der Waals surface area contributed by atoms with Crippen LogP contribution in [0.4, 0.5) is 4.79 Å². The van der Waals surface area contributed by atoms with Crippen LogP contribution in [0.5, 0.6) is 0 Å². The van der Waals surface area contributed by atoms with Crippen LogP contribution in [0.3, 0.4) is 0 Å². The zero-order chi connectivity index (χ0) is 16.1. The average molecular weight is 311 g/mol. The van der Waals surface area contributed by atoms with Gasteiger partial charge in [0.2, 0.25) is 0 Å². The monoisotopic (exact) mass is 311 g/mol. The zero-order valence-electron chi connectivity index (χ0n) is 14.7. The molecule has 0 saturated carbocycles. The minimum Gasteiger partial charge on any atom is -0.378 e. The summed E-state index contributed by atoms with van der Waals surface area (Å²) in [5.74, 6) is 0.525. The summed E-state index contributed by atoms with van der Waals surface area (Å²) >= 11 is 0. The maximum atomic E-state index is 12.4. The second-order valence-corrected chi connectivity index (χ2v) is 7.27. The average Bonchev–Trinajstić information content (AvgIpc) is 2.97. The van der Waals surface area contributed by atoms with Crippen LogP contribution in [0.1, 0.15) is 46.0 Å². The van der Waals surface area contributed by atoms with Crippen LogP contribution >= 0.6 is 0 Å². The Morgan fingerprint density at radius 2 is 2.23 bits per heavy atom. The summed E-state index contributed by atoms with van der Waals surface area (Å²) in [6.45, 7) is 7.38. The third kappa shape index (κ3) is 4.85. The number of nitrogens with one attached hydrogen (secondary N) is 1. The molecule has 5 heteroatoms. The SMILES string of the molecule is C[C@H](CC[C@@H]1CCCO1)NC(=O)N(C)[C@H]1CCN(C)C[C@H]1C. The lowest BCUT2D eigenvalue weighted by atomic mass is 9.93. The highest BCUT2D eigenvalue weighted by atomic mass is 16.5. The van der Waals surface area contributed by atoms with E-state index in [0.717, 1.165) is 39.0 Å². The molecule has 2 amide bonds. The Morgan fingerprint density at radius 3 is 2.86 bits per heavy atom. The van der Waals surface area contributed by atoms with Crippen LogP contribution in [0.2, 0.25) is 0 Å². The Labute approximate surface area is 135 Å². The van der Waals surface area contributed by atoms with Gasteiger partial charge < -0.3 is 19.9 Å². The van der Waals surface area contributed by atoms with Gasteiger partial charge in [0.1, 0.15) is 0 Å². The molecule has 2 heterocycles. The largest absolute Gasteiger partial charge is 0.378 e. The molecule has 0 radical (unpaired) electrons. The fraction of sp³-hybridized carbons (Fsp3) is 0.941. The van der Waals surface area contributed by atoms with Crippen molar-refractivity contribution in [3.05, 3.63) is 0 Å². The van der Waals surface area contributed by atoms with Crippen molar-refractivity contribution in [2.24, 2.45) is 5.92 Å². The van der Waals surface area contributed by atoms with Gasteiger partial charge >= 0.3 is 6.03 Å². The Balaban J connectivity index is 1.72. The van der Waals surface area contributed by atoms with E-state index >= 15 is 0 Å². The first kappa shape index (κ1) is 17.5. The molecular formula is C17H33N3O2. The number of hydrogen-bond donors (Lipinski definition) is 1. The number of urea groups is 1. The number of amides is 2. The molecule has 0 aliphatic carbocycles. The van der Waals surface area contributed by atoms with E-state index in [1.807, 2.05) is 11.9 Å². The van der Waals surface area contributed by atoms with E-state index in [1.54, 1.807) is 0 Å². The number of carbonyl (C=O) groups is 1. The van der Waals surface area contributed by atoms with Crippen LogP contribution < -0.4 is 5.32 Å². The maximum Gasteiger partial charge on any atom is 0.317 e. The van der Waals surface area contributed by atoms with Gasteiger partial charge in [-0.15, -0.1) is 0 Å². The van der Waals surface area contributed by atoms with Crippen LogP contribution in [-0.4, -0.2) is 67.8 Å². The molecule has 2 rings (SSSR count). The number of rotatable bonds is 5. The molecule has 2 aliphatic rings. The second-order valence-electron chi connectivity index (χ2n) is 7.27. The van der Waals surface area contributed by atoms with Gasteiger partial charge in [0.25, 0.3) is 0 Å². The van der Waals surface area contributed by atoms with Crippen molar-refractivity contribution in [2.45, 2.75) is 64.1 Å². The van der Waals surface area contributed by atoms with Gasteiger partial charge in [0.05, 0.1) is 6.10 Å². The highest BCUT2D eigenvalue weighted by Crippen LogP contribution is 2.21. The molecule has 4 atom stereocenters. The molecule has 22 heavy (non-hydrogen) atoms. The summed E-state index contributed by atoms with van der Waals surface area (Å²) in [5, 5.41) is 3.15. The molecule has 2 fully saturated rings. The van der Waals surface area contributed by atoms with Gasteiger partial charge in [0.15, 0.2) is 0 Å². The summed E-state index contributed by atoms with van der Waals surface area (Å²) in [4.78, 5) is 16.7. The number of ether oxygens (including phenoxy) is 1. The smallest absolute Gasteiger partial charge is 0.317 e. The highest BCUT2D eigenvalue weighted by Gasteiger charge is 2.30.